The smallest absolute Gasteiger partial charge is 0.193 e. The Morgan fingerprint density at radius 1 is 1.38 bits per heavy atom. The molecule has 0 saturated carbocycles. The van der Waals surface area contributed by atoms with Gasteiger partial charge in [-0.05, 0) is 22.0 Å². The molecule has 0 fully saturated rings. The Morgan fingerprint density at radius 2 is 2.25 bits per heavy atom. The fourth-order valence-corrected chi connectivity index (χ4v) is 2.77. The van der Waals surface area contributed by atoms with E-state index in [9.17, 15) is 4.39 Å². The van der Waals surface area contributed by atoms with Crippen molar-refractivity contribution >= 4 is 37.4 Å². The van der Waals surface area contributed by atoms with E-state index in [0.717, 1.165) is 10.9 Å². The standard InChI is InChI=1S/C10H5BrFN3S/c11-10-13-9(14-15-10)6-4-16-8-5(6)2-1-3-7(8)12/h1-4H,(H,13,14,15). The second kappa shape index (κ2) is 3.64. The highest BCUT2D eigenvalue weighted by Crippen LogP contribution is 2.33. The van der Waals surface area contributed by atoms with Gasteiger partial charge in [0.15, 0.2) is 10.6 Å². The number of rotatable bonds is 1. The van der Waals surface area contributed by atoms with Gasteiger partial charge < -0.3 is 0 Å². The number of nitrogens with zero attached hydrogens (tertiary/aromatic N) is 2. The van der Waals surface area contributed by atoms with E-state index in [0.29, 0.717) is 15.3 Å². The minimum atomic E-state index is -0.205. The minimum absolute atomic E-state index is 0.205. The van der Waals surface area contributed by atoms with Crippen molar-refractivity contribution in [2.45, 2.75) is 0 Å². The third-order valence-corrected chi connectivity index (χ3v) is 3.61. The molecular weight excluding hydrogens is 293 g/mol. The molecule has 1 aromatic carbocycles. The third kappa shape index (κ3) is 1.45. The van der Waals surface area contributed by atoms with Crippen LogP contribution in [0.3, 0.4) is 0 Å². The molecule has 3 rings (SSSR count). The number of fused-ring (bicyclic) bond motifs is 1. The second-order valence-electron chi connectivity index (χ2n) is 3.22. The summed E-state index contributed by atoms with van der Waals surface area (Å²) in [7, 11) is 0. The quantitative estimate of drug-likeness (QED) is 0.746. The van der Waals surface area contributed by atoms with Crippen LogP contribution in [0.4, 0.5) is 4.39 Å². The van der Waals surface area contributed by atoms with E-state index >= 15 is 0 Å². The van der Waals surface area contributed by atoms with Gasteiger partial charge in [0.05, 0.1) is 4.70 Å². The number of H-pyrrole nitrogens is 1. The lowest BCUT2D eigenvalue weighted by Gasteiger charge is -1.93. The Labute approximate surface area is 102 Å². The Balaban J connectivity index is 2.29. The van der Waals surface area contributed by atoms with Crippen molar-refractivity contribution in [3.8, 4) is 11.4 Å². The Hall–Kier alpha value is -1.27. The first-order chi connectivity index (χ1) is 7.75. The third-order valence-electron chi connectivity index (χ3n) is 2.25. The van der Waals surface area contributed by atoms with Gasteiger partial charge in [0.2, 0.25) is 0 Å². The van der Waals surface area contributed by atoms with E-state index in [1.807, 2.05) is 11.4 Å². The highest BCUT2D eigenvalue weighted by Gasteiger charge is 2.12. The van der Waals surface area contributed by atoms with Crippen LogP contribution in [0.25, 0.3) is 21.5 Å². The summed E-state index contributed by atoms with van der Waals surface area (Å²) < 4.78 is 14.7. The molecule has 0 aliphatic heterocycles. The molecule has 80 valence electrons. The molecule has 2 aromatic heterocycles. The second-order valence-corrected chi connectivity index (χ2v) is 4.85. The maximum Gasteiger partial charge on any atom is 0.193 e. The first-order valence-corrected chi connectivity index (χ1v) is 6.17. The summed E-state index contributed by atoms with van der Waals surface area (Å²) in [5.74, 6) is 0.368. The van der Waals surface area contributed by atoms with Crippen LogP contribution < -0.4 is 0 Å². The fourth-order valence-electron chi connectivity index (χ4n) is 1.56. The van der Waals surface area contributed by atoms with E-state index in [-0.39, 0.29) is 5.82 Å². The number of nitrogens with one attached hydrogen (secondary N) is 1. The van der Waals surface area contributed by atoms with Crippen LogP contribution in [0.2, 0.25) is 0 Å². The number of aromatic amines is 1. The summed E-state index contributed by atoms with van der Waals surface area (Å²) >= 11 is 4.56. The van der Waals surface area contributed by atoms with Crippen molar-refractivity contribution < 1.29 is 4.39 Å². The zero-order valence-electron chi connectivity index (χ0n) is 7.87. The number of hydrogen-bond donors (Lipinski definition) is 1. The average molecular weight is 298 g/mol. The molecule has 1 N–H and O–H groups in total. The fraction of sp³-hybridized carbons (Fsp3) is 0. The molecule has 0 radical (unpaired) electrons. The first-order valence-electron chi connectivity index (χ1n) is 4.49. The Kier molecular flexibility index (Phi) is 2.26. The van der Waals surface area contributed by atoms with Gasteiger partial charge in [0.25, 0.3) is 0 Å². The summed E-state index contributed by atoms with van der Waals surface area (Å²) in [6.45, 7) is 0. The van der Waals surface area contributed by atoms with Gasteiger partial charge in [-0.2, -0.15) is 5.10 Å². The van der Waals surface area contributed by atoms with Gasteiger partial charge in [-0.1, -0.05) is 12.1 Å². The van der Waals surface area contributed by atoms with Crippen LogP contribution in [0.15, 0.2) is 28.3 Å². The van der Waals surface area contributed by atoms with Crippen LogP contribution in [0, 0.1) is 5.82 Å². The van der Waals surface area contributed by atoms with Gasteiger partial charge in [-0.25, -0.2) is 9.37 Å². The molecule has 0 saturated heterocycles. The van der Waals surface area contributed by atoms with E-state index < -0.39 is 0 Å². The molecule has 0 unspecified atom stereocenters. The van der Waals surface area contributed by atoms with Crippen molar-refractivity contribution in [2.24, 2.45) is 0 Å². The molecule has 6 heteroatoms. The molecule has 0 aliphatic carbocycles. The van der Waals surface area contributed by atoms with Gasteiger partial charge >= 0.3 is 0 Å². The number of aromatic nitrogens is 3. The van der Waals surface area contributed by atoms with Crippen molar-refractivity contribution in [1.29, 1.82) is 0 Å². The van der Waals surface area contributed by atoms with Crippen molar-refractivity contribution in [2.75, 3.05) is 0 Å². The average Bonchev–Trinajstić information content (AvgIpc) is 2.84. The van der Waals surface area contributed by atoms with E-state index in [2.05, 4.69) is 31.1 Å². The summed E-state index contributed by atoms with van der Waals surface area (Å²) in [6.07, 6.45) is 0. The Morgan fingerprint density at radius 3 is 3.00 bits per heavy atom. The van der Waals surface area contributed by atoms with E-state index in [1.165, 1.54) is 17.4 Å². The molecule has 0 bridgehead atoms. The minimum Gasteiger partial charge on any atom is -0.253 e. The first kappa shape index (κ1) is 9.92. The molecule has 0 aliphatic rings. The molecule has 0 amide bonds. The SMILES string of the molecule is Fc1cccc2c(-c3n[nH]c(Br)n3)csc12. The molecular formula is C10H5BrFN3S. The van der Waals surface area contributed by atoms with Gasteiger partial charge in [0, 0.05) is 16.3 Å². The molecule has 0 atom stereocenters. The largest absolute Gasteiger partial charge is 0.253 e. The number of benzene rings is 1. The Bertz CT molecular complexity index is 661. The summed E-state index contributed by atoms with van der Waals surface area (Å²) in [5, 5.41) is 9.45. The number of thiophene rings is 1. The maximum atomic E-state index is 13.5. The molecule has 3 nitrogen and oxygen atoms in total. The summed E-state index contributed by atoms with van der Waals surface area (Å²) in [5.41, 5.74) is 0.849. The lowest BCUT2D eigenvalue weighted by molar-refractivity contribution is 0.642. The topological polar surface area (TPSA) is 41.6 Å². The zero-order valence-corrected chi connectivity index (χ0v) is 10.3. The van der Waals surface area contributed by atoms with Gasteiger partial charge in [-0.15, -0.1) is 11.3 Å². The predicted octanol–water partition coefficient (Wildman–Crippen LogP) is 3.59. The van der Waals surface area contributed by atoms with Crippen molar-refractivity contribution in [3.05, 3.63) is 34.1 Å². The van der Waals surface area contributed by atoms with Crippen LogP contribution >= 0.6 is 27.3 Å². The van der Waals surface area contributed by atoms with Crippen LogP contribution in [0.5, 0.6) is 0 Å². The number of hydrogen-bond acceptors (Lipinski definition) is 3. The molecule has 16 heavy (non-hydrogen) atoms. The van der Waals surface area contributed by atoms with Crippen LogP contribution in [-0.4, -0.2) is 15.2 Å². The lowest BCUT2D eigenvalue weighted by atomic mass is 10.1. The monoisotopic (exact) mass is 297 g/mol. The predicted molar refractivity (Wildman–Crippen MR) is 64.9 cm³/mol. The van der Waals surface area contributed by atoms with Crippen LogP contribution in [-0.2, 0) is 0 Å². The van der Waals surface area contributed by atoms with Crippen molar-refractivity contribution in [1.82, 2.24) is 15.2 Å². The lowest BCUT2D eigenvalue weighted by Crippen LogP contribution is -1.79. The number of halogens is 2. The highest BCUT2D eigenvalue weighted by molar-refractivity contribution is 9.10. The normalized spacial score (nSPS) is 11.1. The van der Waals surface area contributed by atoms with Crippen molar-refractivity contribution in [3.63, 3.8) is 0 Å². The van der Waals surface area contributed by atoms with E-state index in [1.54, 1.807) is 6.07 Å². The van der Waals surface area contributed by atoms with Gasteiger partial charge in [0.1, 0.15) is 5.82 Å². The van der Waals surface area contributed by atoms with Gasteiger partial charge in [-0.3, -0.25) is 5.10 Å². The van der Waals surface area contributed by atoms with Crippen LogP contribution in [0.1, 0.15) is 0 Å². The molecule has 0 spiro atoms. The maximum absolute atomic E-state index is 13.5. The molecule has 3 aromatic rings. The zero-order chi connectivity index (χ0) is 11.1. The highest BCUT2D eigenvalue weighted by atomic mass is 79.9. The molecule has 2 heterocycles. The summed E-state index contributed by atoms with van der Waals surface area (Å²) in [6, 6.07) is 5.01. The summed E-state index contributed by atoms with van der Waals surface area (Å²) in [4.78, 5) is 4.17. The van der Waals surface area contributed by atoms with E-state index in [4.69, 9.17) is 0 Å².